The van der Waals surface area contributed by atoms with Crippen molar-refractivity contribution in [3.63, 3.8) is 0 Å². The average molecular weight is 276 g/mol. The lowest BCUT2D eigenvalue weighted by Gasteiger charge is -2.16. The van der Waals surface area contributed by atoms with Crippen LogP contribution in [-0.2, 0) is 11.3 Å². The van der Waals surface area contributed by atoms with Crippen molar-refractivity contribution < 1.29 is 14.3 Å². The highest BCUT2D eigenvalue weighted by atomic mass is 16.7. The maximum atomic E-state index is 12.2. The zero-order chi connectivity index (χ0) is 13.8. The van der Waals surface area contributed by atoms with Gasteiger partial charge in [0, 0.05) is 12.1 Å². The van der Waals surface area contributed by atoms with Gasteiger partial charge in [-0.15, -0.1) is 0 Å². The van der Waals surface area contributed by atoms with E-state index in [4.69, 9.17) is 9.47 Å². The van der Waals surface area contributed by atoms with Gasteiger partial charge in [0.15, 0.2) is 11.5 Å². The van der Waals surface area contributed by atoms with Crippen molar-refractivity contribution >= 4 is 5.91 Å². The van der Waals surface area contributed by atoms with Crippen LogP contribution in [0, 0.1) is 0 Å². The van der Waals surface area contributed by atoms with Crippen molar-refractivity contribution in [2.45, 2.75) is 38.3 Å². The molecule has 1 aromatic rings. The van der Waals surface area contributed by atoms with Gasteiger partial charge in [0.1, 0.15) is 0 Å². The molecule has 0 radical (unpaired) electrons. The van der Waals surface area contributed by atoms with Crippen LogP contribution in [0.3, 0.4) is 0 Å². The number of fused-ring (bicyclic) bond motifs is 1. The predicted octanol–water partition coefficient (Wildman–Crippen LogP) is 1.56. The van der Waals surface area contributed by atoms with Gasteiger partial charge >= 0.3 is 0 Å². The Hall–Kier alpha value is -1.75. The van der Waals surface area contributed by atoms with E-state index < -0.39 is 0 Å². The highest BCUT2D eigenvalue weighted by molar-refractivity contribution is 5.81. The molecule has 1 atom stereocenters. The Morgan fingerprint density at radius 3 is 3.20 bits per heavy atom. The van der Waals surface area contributed by atoms with Crippen LogP contribution in [0.1, 0.15) is 31.2 Å². The number of carbonyl (C=O) groups excluding carboxylic acids is 1. The molecule has 2 heterocycles. The van der Waals surface area contributed by atoms with Gasteiger partial charge in [-0.05, 0) is 25.5 Å². The fourth-order valence-corrected chi connectivity index (χ4v) is 2.69. The minimum atomic E-state index is -0.0635. The molecule has 5 nitrogen and oxygen atoms in total. The van der Waals surface area contributed by atoms with Crippen LogP contribution in [0.25, 0.3) is 0 Å². The zero-order valence-corrected chi connectivity index (χ0v) is 11.5. The minimum absolute atomic E-state index is 0.0635. The molecule has 0 saturated carbocycles. The van der Waals surface area contributed by atoms with Gasteiger partial charge in [0.25, 0.3) is 0 Å². The first-order chi connectivity index (χ1) is 9.84. The summed E-state index contributed by atoms with van der Waals surface area (Å²) in [5, 5.41) is 6.29. The molecule has 0 spiro atoms. The van der Waals surface area contributed by atoms with Gasteiger partial charge in [-0.1, -0.05) is 25.0 Å². The Labute approximate surface area is 118 Å². The lowest BCUT2D eigenvalue weighted by Crippen LogP contribution is -2.43. The van der Waals surface area contributed by atoms with E-state index in [1.54, 1.807) is 0 Å². The first kappa shape index (κ1) is 13.2. The SMILES string of the molecule is O=C(NCc1cccc2c1OCO2)C1CCCCCN1. The van der Waals surface area contributed by atoms with Gasteiger partial charge in [-0.3, -0.25) is 4.79 Å². The van der Waals surface area contributed by atoms with E-state index in [1.807, 2.05) is 18.2 Å². The van der Waals surface area contributed by atoms with E-state index in [-0.39, 0.29) is 18.7 Å². The number of para-hydroxylation sites is 1. The quantitative estimate of drug-likeness (QED) is 0.879. The maximum Gasteiger partial charge on any atom is 0.237 e. The summed E-state index contributed by atoms with van der Waals surface area (Å²) in [6.45, 7) is 1.66. The number of hydrogen-bond donors (Lipinski definition) is 2. The fourth-order valence-electron chi connectivity index (χ4n) is 2.69. The molecule has 2 aliphatic heterocycles. The van der Waals surface area contributed by atoms with Gasteiger partial charge < -0.3 is 20.1 Å². The van der Waals surface area contributed by atoms with E-state index in [0.717, 1.165) is 42.9 Å². The number of carbonyl (C=O) groups is 1. The van der Waals surface area contributed by atoms with E-state index >= 15 is 0 Å². The van der Waals surface area contributed by atoms with Crippen LogP contribution >= 0.6 is 0 Å². The lowest BCUT2D eigenvalue weighted by atomic mass is 10.1. The summed E-state index contributed by atoms with van der Waals surface area (Å²) < 4.78 is 10.8. The number of nitrogens with one attached hydrogen (secondary N) is 2. The van der Waals surface area contributed by atoms with Crippen LogP contribution in [-0.4, -0.2) is 25.3 Å². The number of ether oxygens (including phenoxy) is 2. The molecule has 2 N–H and O–H groups in total. The van der Waals surface area contributed by atoms with Crippen molar-refractivity contribution in [2.75, 3.05) is 13.3 Å². The van der Waals surface area contributed by atoms with Crippen molar-refractivity contribution in [3.8, 4) is 11.5 Å². The molecular formula is C15H20N2O3. The van der Waals surface area contributed by atoms with Gasteiger partial charge in [0.05, 0.1) is 6.04 Å². The van der Waals surface area contributed by atoms with E-state index in [9.17, 15) is 4.79 Å². The molecule has 0 bridgehead atoms. The fraction of sp³-hybridized carbons (Fsp3) is 0.533. The molecule has 5 heteroatoms. The largest absolute Gasteiger partial charge is 0.454 e. The summed E-state index contributed by atoms with van der Waals surface area (Å²) in [6, 6.07) is 5.68. The van der Waals surface area contributed by atoms with Crippen LogP contribution in [0.2, 0.25) is 0 Å². The van der Waals surface area contributed by atoms with E-state index in [0.29, 0.717) is 6.54 Å². The maximum absolute atomic E-state index is 12.2. The van der Waals surface area contributed by atoms with Gasteiger partial charge in [-0.25, -0.2) is 0 Å². The third-order valence-electron chi connectivity index (χ3n) is 3.81. The summed E-state index contributed by atoms with van der Waals surface area (Å²) in [5.41, 5.74) is 0.960. The predicted molar refractivity (Wildman–Crippen MR) is 74.7 cm³/mol. The Balaban J connectivity index is 1.59. The molecule has 1 amide bonds. The second-order valence-corrected chi connectivity index (χ2v) is 5.22. The van der Waals surface area contributed by atoms with Crippen molar-refractivity contribution in [3.05, 3.63) is 23.8 Å². The van der Waals surface area contributed by atoms with Crippen LogP contribution in [0.15, 0.2) is 18.2 Å². The summed E-state index contributed by atoms with van der Waals surface area (Å²) in [5.74, 6) is 1.58. The molecule has 0 aromatic heterocycles. The standard InChI is InChI=1S/C15H20N2O3/c18-15(12-6-2-1-3-8-16-12)17-9-11-5-4-7-13-14(11)20-10-19-13/h4-5,7,12,16H,1-3,6,8-10H2,(H,17,18). The van der Waals surface area contributed by atoms with Crippen molar-refractivity contribution in [1.82, 2.24) is 10.6 Å². The van der Waals surface area contributed by atoms with Crippen molar-refractivity contribution in [1.29, 1.82) is 0 Å². The number of amides is 1. The lowest BCUT2D eigenvalue weighted by molar-refractivity contribution is -0.123. The summed E-state index contributed by atoms with van der Waals surface area (Å²) in [4.78, 5) is 12.2. The van der Waals surface area contributed by atoms with E-state index in [2.05, 4.69) is 10.6 Å². The van der Waals surface area contributed by atoms with Crippen LogP contribution < -0.4 is 20.1 Å². The first-order valence-electron chi connectivity index (χ1n) is 7.23. The van der Waals surface area contributed by atoms with Crippen LogP contribution in [0.4, 0.5) is 0 Å². The molecule has 0 aliphatic carbocycles. The molecule has 1 saturated heterocycles. The normalized spacial score (nSPS) is 21.3. The Morgan fingerprint density at radius 2 is 2.25 bits per heavy atom. The second-order valence-electron chi connectivity index (χ2n) is 5.22. The number of rotatable bonds is 3. The first-order valence-corrected chi connectivity index (χ1v) is 7.23. The zero-order valence-electron chi connectivity index (χ0n) is 11.5. The summed E-state index contributed by atoms with van der Waals surface area (Å²) in [6.07, 6.45) is 4.39. The topological polar surface area (TPSA) is 59.6 Å². The highest BCUT2D eigenvalue weighted by Crippen LogP contribution is 2.35. The average Bonchev–Trinajstić information content (AvgIpc) is 2.79. The summed E-state index contributed by atoms with van der Waals surface area (Å²) >= 11 is 0. The van der Waals surface area contributed by atoms with Gasteiger partial charge in [-0.2, -0.15) is 0 Å². The Bertz CT molecular complexity index is 482. The third kappa shape index (κ3) is 2.88. The second kappa shape index (κ2) is 6.13. The molecule has 2 aliphatic rings. The smallest absolute Gasteiger partial charge is 0.237 e. The molecule has 1 unspecified atom stereocenters. The number of hydrogen-bond acceptors (Lipinski definition) is 4. The Morgan fingerprint density at radius 1 is 1.30 bits per heavy atom. The molecule has 3 rings (SSSR count). The highest BCUT2D eigenvalue weighted by Gasteiger charge is 2.21. The molecule has 20 heavy (non-hydrogen) atoms. The minimum Gasteiger partial charge on any atom is -0.454 e. The third-order valence-corrected chi connectivity index (χ3v) is 3.81. The summed E-state index contributed by atoms with van der Waals surface area (Å²) in [7, 11) is 0. The number of benzene rings is 1. The molecule has 1 aromatic carbocycles. The van der Waals surface area contributed by atoms with Crippen molar-refractivity contribution in [2.24, 2.45) is 0 Å². The van der Waals surface area contributed by atoms with E-state index in [1.165, 1.54) is 6.42 Å². The monoisotopic (exact) mass is 276 g/mol. The van der Waals surface area contributed by atoms with Gasteiger partial charge in [0.2, 0.25) is 12.7 Å². The molecule has 1 fully saturated rings. The molecule has 108 valence electrons. The molecular weight excluding hydrogens is 256 g/mol. The van der Waals surface area contributed by atoms with Crippen LogP contribution in [0.5, 0.6) is 11.5 Å². The Kier molecular flexibility index (Phi) is 4.06.